The lowest BCUT2D eigenvalue weighted by Gasteiger charge is -2.27. The molecular weight excluding hydrogens is 418 g/mol. The van der Waals surface area contributed by atoms with Crippen molar-refractivity contribution in [2.24, 2.45) is 0 Å². The molecule has 2 fully saturated rings. The summed E-state index contributed by atoms with van der Waals surface area (Å²) < 4.78 is 16.9. The third-order valence-corrected chi connectivity index (χ3v) is 5.78. The number of nitrogens with zero attached hydrogens (tertiary/aromatic N) is 1. The zero-order chi connectivity index (χ0) is 22.5. The van der Waals surface area contributed by atoms with Crippen LogP contribution in [0.1, 0.15) is 46.4 Å². The summed E-state index contributed by atoms with van der Waals surface area (Å²) in [5.41, 5.74) is 0.409. The summed E-state index contributed by atoms with van der Waals surface area (Å²) in [5.74, 6) is -1.70. The van der Waals surface area contributed by atoms with Crippen LogP contribution in [-0.2, 0) is 19.1 Å². The van der Waals surface area contributed by atoms with Crippen LogP contribution in [0.25, 0.3) is 0 Å². The van der Waals surface area contributed by atoms with Crippen LogP contribution in [0.3, 0.4) is 0 Å². The molecular formula is C22H27N3O7. The van der Waals surface area contributed by atoms with E-state index in [1.54, 1.807) is 6.07 Å². The van der Waals surface area contributed by atoms with Gasteiger partial charge >= 0.3 is 0 Å². The molecule has 0 aromatic heterocycles. The van der Waals surface area contributed by atoms with Crippen molar-refractivity contribution >= 4 is 23.6 Å². The second kappa shape index (κ2) is 10.2. The van der Waals surface area contributed by atoms with Gasteiger partial charge in [-0.15, -0.1) is 0 Å². The predicted molar refractivity (Wildman–Crippen MR) is 111 cm³/mol. The van der Waals surface area contributed by atoms with Crippen LogP contribution >= 0.6 is 0 Å². The van der Waals surface area contributed by atoms with Gasteiger partial charge in [-0.3, -0.25) is 29.4 Å². The highest BCUT2D eigenvalue weighted by Gasteiger charge is 2.44. The average molecular weight is 445 g/mol. The van der Waals surface area contributed by atoms with E-state index in [9.17, 15) is 19.2 Å². The summed E-state index contributed by atoms with van der Waals surface area (Å²) in [6, 6.07) is 3.65. The molecule has 32 heavy (non-hydrogen) atoms. The molecule has 3 aliphatic heterocycles. The number of ether oxygens (including phenoxy) is 3. The fraction of sp³-hybridized carbons (Fsp3) is 0.545. The number of carbonyl (C=O) groups is 4. The van der Waals surface area contributed by atoms with Gasteiger partial charge < -0.3 is 19.5 Å². The Bertz CT molecular complexity index is 898. The van der Waals surface area contributed by atoms with Gasteiger partial charge in [0.25, 0.3) is 11.8 Å². The molecule has 4 amide bonds. The molecule has 3 heterocycles. The van der Waals surface area contributed by atoms with Gasteiger partial charge in [-0.1, -0.05) is 0 Å². The van der Waals surface area contributed by atoms with E-state index in [0.717, 1.165) is 30.8 Å². The van der Waals surface area contributed by atoms with Gasteiger partial charge in [0, 0.05) is 6.42 Å². The van der Waals surface area contributed by atoms with Crippen molar-refractivity contribution < 1.29 is 33.4 Å². The number of fused-ring (bicyclic) bond motifs is 1. The summed E-state index contributed by atoms with van der Waals surface area (Å²) in [5, 5.41) is 5.47. The average Bonchev–Trinajstić information content (AvgIpc) is 3.04. The maximum Gasteiger partial charge on any atom is 0.262 e. The highest BCUT2D eigenvalue weighted by molar-refractivity contribution is 6.23. The molecule has 10 nitrogen and oxygen atoms in total. The fourth-order valence-electron chi connectivity index (χ4n) is 4.10. The number of piperidine rings is 2. The molecule has 0 bridgehead atoms. The molecule has 0 saturated carbocycles. The molecule has 10 heteroatoms. The number of rotatable bonds is 9. The predicted octanol–water partition coefficient (Wildman–Crippen LogP) is 0.252. The zero-order valence-corrected chi connectivity index (χ0v) is 17.8. The lowest BCUT2D eigenvalue weighted by Crippen LogP contribution is -2.54. The minimum Gasteiger partial charge on any atom is -0.491 e. The number of hydrogen-bond donors (Lipinski definition) is 2. The summed E-state index contributed by atoms with van der Waals surface area (Å²) in [4.78, 5) is 49.9. The minimum atomic E-state index is -0.982. The molecule has 1 atom stereocenters. The number of nitrogens with one attached hydrogen (secondary N) is 2. The Morgan fingerprint density at radius 2 is 1.66 bits per heavy atom. The van der Waals surface area contributed by atoms with Crippen molar-refractivity contribution in [3.63, 3.8) is 0 Å². The Labute approximate surface area is 185 Å². The molecule has 172 valence electrons. The van der Waals surface area contributed by atoms with Gasteiger partial charge in [-0.25, -0.2) is 0 Å². The van der Waals surface area contributed by atoms with E-state index >= 15 is 0 Å². The smallest absolute Gasteiger partial charge is 0.262 e. The fourth-order valence-corrected chi connectivity index (χ4v) is 4.10. The normalized spacial score (nSPS) is 21.6. The summed E-state index contributed by atoms with van der Waals surface area (Å²) in [7, 11) is 0. The van der Waals surface area contributed by atoms with E-state index < -0.39 is 29.7 Å². The van der Waals surface area contributed by atoms with Crippen LogP contribution < -0.4 is 15.4 Å². The van der Waals surface area contributed by atoms with Crippen molar-refractivity contribution in [2.45, 2.75) is 37.8 Å². The van der Waals surface area contributed by atoms with Crippen molar-refractivity contribution in [1.82, 2.24) is 15.5 Å². The van der Waals surface area contributed by atoms with E-state index in [1.165, 1.54) is 12.1 Å². The summed E-state index contributed by atoms with van der Waals surface area (Å²) >= 11 is 0. The Morgan fingerprint density at radius 3 is 2.44 bits per heavy atom. The van der Waals surface area contributed by atoms with E-state index in [2.05, 4.69) is 10.6 Å². The van der Waals surface area contributed by atoms with Crippen molar-refractivity contribution in [3.05, 3.63) is 29.3 Å². The number of carbonyl (C=O) groups excluding carboxylic acids is 4. The largest absolute Gasteiger partial charge is 0.491 e. The molecule has 0 aliphatic carbocycles. The molecule has 1 aromatic rings. The maximum absolute atomic E-state index is 12.8. The molecule has 0 radical (unpaired) electrons. The summed E-state index contributed by atoms with van der Waals surface area (Å²) in [6.07, 6.45) is 2.54. The minimum absolute atomic E-state index is 0.0844. The van der Waals surface area contributed by atoms with Gasteiger partial charge in [0.15, 0.2) is 0 Å². The topological polar surface area (TPSA) is 123 Å². The second-order valence-electron chi connectivity index (χ2n) is 7.94. The molecule has 2 saturated heterocycles. The molecule has 0 spiro atoms. The van der Waals surface area contributed by atoms with E-state index in [1.807, 2.05) is 0 Å². The van der Waals surface area contributed by atoms with Gasteiger partial charge in [-0.05, 0) is 50.6 Å². The zero-order valence-electron chi connectivity index (χ0n) is 17.8. The van der Waals surface area contributed by atoms with Gasteiger partial charge in [0.05, 0.1) is 37.1 Å². The highest BCUT2D eigenvalue weighted by atomic mass is 16.5. The Kier molecular flexibility index (Phi) is 7.13. The lowest BCUT2D eigenvalue weighted by atomic mass is 10.0. The highest BCUT2D eigenvalue weighted by Crippen LogP contribution is 2.30. The first-order valence-electron chi connectivity index (χ1n) is 10.9. The van der Waals surface area contributed by atoms with Gasteiger partial charge in [0.1, 0.15) is 18.4 Å². The quantitative estimate of drug-likeness (QED) is 0.410. The van der Waals surface area contributed by atoms with E-state index in [-0.39, 0.29) is 30.6 Å². The maximum atomic E-state index is 12.8. The van der Waals surface area contributed by atoms with Crippen LogP contribution in [0.5, 0.6) is 5.75 Å². The number of hydrogen-bond acceptors (Lipinski definition) is 8. The SMILES string of the molecule is O=C1CCC(N2C(=O)c3ccc(OCCOCCOC4CCNCC4)cc3C2=O)C(=O)N1. The van der Waals surface area contributed by atoms with Crippen molar-refractivity contribution in [1.29, 1.82) is 0 Å². The van der Waals surface area contributed by atoms with Crippen LogP contribution in [0.2, 0.25) is 0 Å². The molecule has 4 rings (SSSR count). The van der Waals surface area contributed by atoms with Crippen molar-refractivity contribution in [3.8, 4) is 5.75 Å². The molecule has 1 aromatic carbocycles. The third-order valence-electron chi connectivity index (χ3n) is 5.78. The van der Waals surface area contributed by atoms with Gasteiger partial charge in [0.2, 0.25) is 11.8 Å². The standard InChI is InChI=1S/C22H27N3O7/c26-19-4-3-18(20(27)24-19)25-21(28)16-2-1-15(13-17(16)22(25)29)32-12-10-30-9-11-31-14-5-7-23-8-6-14/h1-2,13-14,18,23H,3-12H2,(H,24,26,27). The van der Waals surface area contributed by atoms with Crippen LogP contribution in [0, 0.1) is 0 Å². The monoisotopic (exact) mass is 445 g/mol. The van der Waals surface area contributed by atoms with Gasteiger partial charge in [-0.2, -0.15) is 0 Å². The molecule has 3 aliphatic rings. The first-order valence-corrected chi connectivity index (χ1v) is 10.9. The Balaban J connectivity index is 1.24. The van der Waals surface area contributed by atoms with Crippen molar-refractivity contribution in [2.75, 3.05) is 39.5 Å². The van der Waals surface area contributed by atoms with E-state index in [4.69, 9.17) is 14.2 Å². The number of amides is 4. The Morgan fingerprint density at radius 1 is 0.906 bits per heavy atom. The van der Waals surface area contributed by atoms with E-state index in [0.29, 0.717) is 31.7 Å². The van der Waals surface area contributed by atoms with Crippen LogP contribution in [-0.4, -0.2) is 80.2 Å². The summed E-state index contributed by atoms with van der Waals surface area (Å²) in [6.45, 7) is 3.63. The first-order chi connectivity index (χ1) is 15.5. The molecule has 2 N–H and O–H groups in total. The second-order valence-corrected chi connectivity index (χ2v) is 7.94. The van der Waals surface area contributed by atoms with Crippen LogP contribution in [0.4, 0.5) is 0 Å². The van der Waals surface area contributed by atoms with Crippen LogP contribution in [0.15, 0.2) is 18.2 Å². The lowest BCUT2D eigenvalue weighted by molar-refractivity contribution is -0.136. The Hall–Kier alpha value is -2.82. The number of imide groups is 2. The first kappa shape index (κ1) is 22.4. The third kappa shape index (κ3) is 4.98. The number of benzene rings is 1. The molecule has 1 unspecified atom stereocenters.